The lowest BCUT2D eigenvalue weighted by Gasteiger charge is -2.15. The third-order valence-electron chi connectivity index (χ3n) is 3.17. The number of nitrogens with zero attached hydrogens (tertiary/aromatic N) is 2. The van der Waals surface area contributed by atoms with Crippen molar-refractivity contribution in [3.63, 3.8) is 0 Å². The van der Waals surface area contributed by atoms with E-state index >= 15 is 0 Å². The molecule has 1 aromatic heterocycles. The van der Waals surface area contributed by atoms with Crippen molar-refractivity contribution in [3.8, 4) is 0 Å². The van der Waals surface area contributed by atoms with Gasteiger partial charge in [-0.25, -0.2) is 4.98 Å². The second-order valence-electron chi connectivity index (χ2n) is 4.63. The van der Waals surface area contributed by atoms with Gasteiger partial charge in [0.2, 0.25) is 0 Å². The molecule has 0 saturated carbocycles. The molecule has 98 valence electrons. The van der Waals surface area contributed by atoms with Crippen LogP contribution in [-0.4, -0.2) is 15.9 Å². The molecule has 1 unspecified atom stereocenters. The summed E-state index contributed by atoms with van der Waals surface area (Å²) in [4.78, 5) is 19.8. The Labute approximate surface area is 112 Å². The Kier molecular flexibility index (Phi) is 3.90. The highest BCUT2D eigenvalue weighted by Crippen LogP contribution is 2.16. The first kappa shape index (κ1) is 13.2. The van der Waals surface area contributed by atoms with Crippen LogP contribution >= 0.6 is 0 Å². The lowest BCUT2D eigenvalue weighted by molar-refractivity contribution is 0.0934. The van der Waals surface area contributed by atoms with Gasteiger partial charge in [-0.1, -0.05) is 18.2 Å². The normalized spacial score (nSPS) is 11.9. The number of carbonyl (C=O) groups excluding carboxylic acids is 1. The molecule has 1 N–H and O–H groups in total. The van der Waals surface area contributed by atoms with Gasteiger partial charge in [0.25, 0.3) is 5.91 Å². The number of hydrogen-bond acceptors (Lipinski definition) is 3. The molecule has 0 saturated heterocycles. The molecule has 0 bridgehead atoms. The van der Waals surface area contributed by atoms with Crippen molar-refractivity contribution in [3.05, 3.63) is 59.2 Å². The summed E-state index contributed by atoms with van der Waals surface area (Å²) in [6, 6.07) is 6.13. The van der Waals surface area contributed by atoms with Gasteiger partial charge in [0.05, 0.1) is 12.2 Å². The molecular weight excluding hydrogens is 238 g/mol. The zero-order valence-electron chi connectivity index (χ0n) is 11.3. The molecule has 0 spiro atoms. The van der Waals surface area contributed by atoms with Crippen LogP contribution in [0.3, 0.4) is 0 Å². The molecule has 2 aromatic rings. The van der Waals surface area contributed by atoms with Gasteiger partial charge in [-0.2, -0.15) is 0 Å². The van der Waals surface area contributed by atoms with Gasteiger partial charge in [0, 0.05) is 12.4 Å². The lowest BCUT2D eigenvalue weighted by Crippen LogP contribution is -2.27. The van der Waals surface area contributed by atoms with Gasteiger partial charge in [0.15, 0.2) is 0 Å². The van der Waals surface area contributed by atoms with Crippen molar-refractivity contribution in [1.82, 2.24) is 15.3 Å². The predicted molar refractivity (Wildman–Crippen MR) is 73.8 cm³/mol. The van der Waals surface area contributed by atoms with Crippen LogP contribution in [0.15, 0.2) is 36.8 Å². The maximum Gasteiger partial charge on any atom is 0.271 e. The fraction of sp³-hybridized carbons (Fsp3) is 0.267. The Bertz CT molecular complexity index is 581. The first-order chi connectivity index (χ1) is 9.08. The van der Waals surface area contributed by atoms with E-state index in [0.29, 0.717) is 5.69 Å². The van der Waals surface area contributed by atoms with Gasteiger partial charge in [-0.3, -0.25) is 9.78 Å². The fourth-order valence-corrected chi connectivity index (χ4v) is 1.80. The molecule has 0 radical (unpaired) electrons. The van der Waals surface area contributed by atoms with Crippen LogP contribution in [0, 0.1) is 13.8 Å². The monoisotopic (exact) mass is 255 g/mol. The molecule has 1 amide bonds. The Morgan fingerprint density at radius 1 is 1.21 bits per heavy atom. The standard InChI is InChI=1S/C15H17N3O/c1-10-4-5-13(8-11(10)2)12(3)18-15(19)14-9-16-6-7-17-14/h4-9,12H,1-3H3,(H,18,19). The zero-order chi connectivity index (χ0) is 13.8. The van der Waals surface area contributed by atoms with Crippen LogP contribution in [0.25, 0.3) is 0 Å². The van der Waals surface area contributed by atoms with Crippen LogP contribution < -0.4 is 5.32 Å². The summed E-state index contributed by atoms with van der Waals surface area (Å²) in [5, 5.41) is 2.92. The van der Waals surface area contributed by atoms with Crippen molar-refractivity contribution in [1.29, 1.82) is 0 Å². The maximum atomic E-state index is 12.0. The number of amides is 1. The number of nitrogens with one attached hydrogen (secondary N) is 1. The molecule has 19 heavy (non-hydrogen) atoms. The molecule has 1 aromatic carbocycles. The van der Waals surface area contributed by atoms with Crippen LogP contribution in [0.1, 0.15) is 40.1 Å². The summed E-state index contributed by atoms with van der Waals surface area (Å²) in [5.74, 6) is -0.209. The van der Waals surface area contributed by atoms with Crippen molar-refractivity contribution in [2.45, 2.75) is 26.8 Å². The highest BCUT2D eigenvalue weighted by atomic mass is 16.1. The summed E-state index contributed by atoms with van der Waals surface area (Å²) in [5.41, 5.74) is 3.88. The largest absolute Gasteiger partial charge is 0.344 e. The molecule has 4 nitrogen and oxygen atoms in total. The molecule has 2 rings (SSSR count). The van der Waals surface area contributed by atoms with E-state index in [1.807, 2.05) is 13.0 Å². The fourth-order valence-electron chi connectivity index (χ4n) is 1.80. The Morgan fingerprint density at radius 3 is 2.63 bits per heavy atom. The molecule has 0 aliphatic carbocycles. The molecule has 1 atom stereocenters. The van der Waals surface area contributed by atoms with E-state index in [2.05, 4.69) is 41.3 Å². The number of benzene rings is 1. The smallest absolute Gasteiger partial charge is 0.271 e. The van der Waals surface area contributed by atoms with Crippen LogP contribution in [0.5, 0.6) is 0 Å². The lowest BCUT2D eigenvalue weighted by atomic mass is 10.0. The van der Waals surface area contributed by atoms with Gasteiger partial charge in [-0.05, 0) is 37.5 Å². The first-order valence-corrected chi connectivity index (χ1v) is 6.22. The average molecular weight is 255 g/mol. The van der Waals surface area contributed by atoms with E-state index in [0.717, 1.165) is 5.56 Å². The van der Waals surface area contributed by atoms with Gasteiger partial charge >= 0.3 is 0 Å². The number of hydrogen-bond donors (Lipinski definition) is 1. The van der Waals surface area contributed by atoms with Crippen molar-refractivity contribution < 1.29 is 4.79 Å². The van der Waals surface area contributed by atoms with Crippen LogP contribution in [-0.2, 0) is 0 Å². The summed E-state index contributed by atoms with van der Waals surface area (Å²) in [6.45, 7) is 6.09. The van der Waals surface area contributed by atoms with E-state index in [-0.39, 0.29) is 11.9 Å². The Hall–Kier alpha value is -2.23. The minimum Gasteiger partial charge on any atom is -0.344 e. The number of aryl methyl sites for hydroxylation is 2. The Morgan fingerprint density at radius 2 is 2.00 bits per heavy atom. The molecule has 1 heterocycles. The second-order valence-corrected chi connectivity index (χ2v) is 4.63. The van der Waals surface area contributed by atoms with E-state index < -0.39 is 0 Å². The van der Waals surface area contributed by atoms with E-state index in [1.54, 1.807) is 6.20 Å². The van der Waals surface area contributed by atoms with Crippen molar-refractivity contribution >= 4 is 5.91 Å². The zero-order valence-corrected chi connectivity index (χ0v) is 11.3. The first-order valence-electron chi connectivity index (χ1n) is 6.22. The molecule has 0 fully saturated rings. The molecule has 0 aliphatic heterocycles. The summed E-state index contributed by atoms with van der Waals surface area (Å²) >= 11 is 0. The molecule has 0 aliphatic rings. The predicted octanol–water partition coefficient (Wildman–Crippen LogP) is 2.58. The van der Waals surface area contributed by atoms with Gasteiger partial charge < -0.3 is 5.32 Å². The average Bonchev–Trinajstić information content (AvgIpc) is 2.42. The van der Waals surface area contributed by atoms with Gasteiger partial charge in [-0.15, -0.1) is 0 Å². The quantitative estimate of drug-likeness (QED) is 0.917. The maximum absolute atomic E-state index is 12.0. The highest BCUT2D eigenvalue weighted by molar-refractivity contribution is 5.92. The molecule has 4 heteroatoms. The van der Waals surface area contributed by atoms with E-state index in [9.17, 15) is 4.79 Å². The van der Waals surface area contributed by atoms with E-state index in [4.69, 9.17) is 0 Å². The minimum atomic E-state index is -0.209. The van der Waals surface area contributed by atoms with Crippen LogP contribution in [0.2, 0.25) is 0 Å². The minimum absolute atomic E-state index is 0.0613. The number of rotatable bonds is 3. The van der Waals surface area contributed by atoms with Crippen molar-refractivity contribution in [2.24, 2.45) is 0 Å². The highest BCUT2D eigenvalue weighted by Gasteiger charge is 2.12. The Balaban J connectivity index is 2.10. The van der Waals surface area contributed by atoms with Crippen molar-refractivity contribution in [2.75, 3.05) is 0 Å². The summed E-state index contributed by atoms with van der Waals surface area (Å²) < 4.78 is 0. The van der Waals surface area contributed by atoms with Gasteiger partial charge in [0.1, 0.15) is 5.69 Å². The SMILES string of the molecule is Cc1ccc(C(C)NC(=O)c2cnccn2)cc1C. The molecular formula is C15H17N3O. The third kappa shape index (κ3) is 3.16. The number of aromatic nitrogens is 2. The number of carbonyl (C=O) groups is 1. The second kappa shape index (κ2) is 5.61. The van der Waals surface area contributed by atoms with Crippen LogP contribution in [0.4, 0.5) is 0 Å². The third-order valence-corrected chi connectivity index (χ3v) is 3.17. The van der Waals surface area contributed by atoms with E-state index in [1.165, 1.54) is 23.5 Å². The topological polar surface area (TPSA) is 54.9 Å². The summed E-state index contributed by atoms with van der Waals surface area (Å²) in [7, 11) is 0. The summed E-state index contributed by atoms with van der Waals surface area (Å²) in [6.07, 6.45) is 4.52.